The molecule has 0 bridgehead atoms. The summed E-state index contributed by atoms with van der Waals surface area (Å²) >= 11 is 0. The summed E-state index contributed by atoms with van der Waals surface area (Å²) in [5, 5.41) is 3.22. The Balaban J connectivity index is 2.28. The molecule has 0 unspecified atom stereocenters. The largest absolute Gasteiger partial charge is 0.311 e. The van der Waals surface area contributed by atoms with Gasteiger partial charge in [-0.15, -0.1) is 0 Å². The first-order valence-electron chi connectivity index (χ1n) is 6.04. The molecule has 0 spiro atoms. The highest BCUT2D eigenvalue weighted by Gasteiger charge is 2.02. The van der Waals surface area contributed by atoms with E-state index in [1.807, 2.05) is 0 Å². The fraction of sp³-hybridized carbons (Fsp3) is 0.538. The molecule has 0 aliphatic carbocycles. The molecule has 1 rings (SSSR count). The van der Waals surface area contributed by atoms with Crippen LogP contribution in [0.2, 0.25) is 0 Å². The van der Waals surface area contributed by atoms with Crippen LogP contribution in [0.1, 0.15) is 19.4 Å². The van der Waals surface area contributed by atoms with Crippen LogP contribution in [0.5, 0.6) is 0 Å². The summed E-state index contributed by atoms with van der Waals surface area (Å²) in [6.07, 6.45) is 0. The molecule has 4 heteroatoms. The minimum Gasteiger partial charge on any atom is -0.311 e. The Morgan fingerprint density at radius 1 is 1.12 bits per heavy atom. The number of rotatable bonds is 7. The highest BCUT2D eigenvalue weighted by molar-refractivity contribution is 5.17. The minimum atomic E-state index is -0.795. The van der Waals surface area contributed by atoms with Gasteiger partial charge in [0, 0.05) is 19.6 Å². The molecule has 0 amide bonds. The quantitative estimate of drug-likeness (QED) is 0.739. The molecule has 2 nitrogen and oxygen atoms in total. The maximum atomic E-state index is 12.9. The van der Waals surface area contributed by atoms with E-state index >= 15 is 0 Å². The first-order valence-corrected chi connectivity index (χ1v) is 6.04. The third kappa shape index (κ3) is 4.79. The van der Waals surface area contributed by atoms with E-state index in [1.165, 1.54) is 6.07 Å². The van der Waals surface area contributed by atoms with E-state index in [2.05, 4.69) is 24.1 Å². The number of halogens is 2. The van der Waals surface area contributed by atoms with E-state index in [4.69, 9.17) is 0 Å². The molecule has 1 N–H and O–H groups in total. The highest BCUT2D eigenvalue weighted by atomic mass is 19.2. The molecule has 0 radical (unpaired) electrons. The monoisotopic (exact) mass is 242 g/mol. The van der Waals surface area contributed by atoms with Crippen LogP contribution in [0.4, 0.5) is 8.78 Å². The Morgan fingerprint density at radius 3 is 2.41 bits per heavy atom. The molecular formula is C13H20F2N2. The molecule has 0 heterocycles. The number of nitrogens with one attached hydrogen (secondary N) is 1. The van der Waals surface area contributed by atoms with Gasteiger partial charge in [0.1, 0.15) is 0 Å². The lowest BCUT2D eigenvalue weighted by atomic mass is 10.2. The summed E-state index contributed by atoms with van der Waals surface area (Å²) in [6.45, 7) is 8.69. The molecule has 1 aromatic carbocycles. The lowest BCUT2D eigenvalue weighted by Crippen LogP contribution is -2.31. The van der Waals surface area contributed by atoms with Gasteiger partial charge in [0.15, 0.2) is 11.6 Å². The van der Waals surface area contributed by atoms with Crippen LogP contribution in [0.25, 0.3) is 0 Å². The second-order valence-corrected chi connectivity index (χ2v) is 3.95. The zero-order valence-electron chi connectivity index (χ0n) is 10.5. The van der Waals surface area contributed by atoms with E-state index in [0.717, 1.165) is 37.8 Å². The van der Waals surface area contributed by atoms with Gasteiger partial charge in [-0.2, -0.15) is 0 Å². The van der Waals surface area contributed by atoms with Crippen molar-refractivity contribution in [3.05, 3.63) is 35.4 Å². The molecule has 0 aliphatic rings. The van der Waals surface area contributed by atoms with Crippen molar-refractivity contribution in [2.45, 2.75) is 20.4 Å². The normalized spacial score (nSPS) is 11.1. The minimum absolute atomic E-state index is 0.568. The zero-order valence-corrected chi connectivity index (χ0v) is 10.5. The summed E-state index contributed by atoms with van der Waals surface area (Å²) in [7, 11) is 0. The molecule has 0 saturated carbocycles. The molecule has 0 fully saturated rings. The third-order valence-electron chi connectivity index (χ3n) is 2.81. The lowest BCUT2D eigenvalue weighted by Gasteiger charge is -2.18. The van der Waals surface area contributed by atoms with Gasteiger partial charge in [-0.25, -0.2) is 8.78 Å². The van der Waals surface area contributed by atoms with Crippen LogP contribution >= 0.6 is 0 Å². The number of benzene rings is 1. The molecule has 1 aromatic rings. The van der Waals surface area contributed by atoms with E-state index < -0.39 is 11.6 Å². The van der Waals surface area contributed by atoms with Gasteiger partial charge in [-0.1, -0.05) is 19.9 Å². The molecular weight excluding hydrogens is 222 g/mol. The van der Waals surface area contributed by atoms with Crippen molar-refractivity contribution in [2.75, 3.05) is 26.2 Å². The van der Waals surface area contributed by atoms with E-state index in [1.54, 1.807) is 6.07 Å². The van der Waals surface area contributed by atoms with Gasteiger partial charge in [0.2, 0.25) is 0 Å². The molecule has 0 aromatic heterocycles. The van der Waals surface area contributed by atoms with Gasteiger partial charge in [-0.3, -0.25) is 0 Å². The maximum Gasteiger partial charge on any atom is 0.159 e. The van der Waals surface area contributed by atoms with Crippen molar-refractivity contribution >= 4 is 0 Å². The first-order chi connectivity index (χ1) is 8.17. The number of hydrogen-bond donors (Lipinski definition) is 1. The molecule has 0 saturated heterocycles. The molecule has 96 valence electrons. The van der Waals surface area contributed by atoms with Crippen molar-refractivity contribution in [1.29, 1.82) is 0 Å². The first kappa shape index (κ1) is 14.1. The summed E-state index contributed by atoms with van der Waals surface area (Å²) < 4.78 is 25.6. The van der Waals surface area contributed by atoms with Crippen molar-refractivity contribution in [3.8, 4) is 0 Å². The van der Waals surface area contributed by atoms with Crippen LogP contribution < -0.4 is 5.32 Å². The van der Waals surface area contributed by atoms with Gasteiger partial charge in [0.25, 0.3) is 0 Å². The Kier molecular flexibility index (Phi) is 6.08. The van der Waals surface area contributed by atoms with Crippen molar-refractivity contribution in [3.63, 3.8) is 0 Å². The average molecular weight is 242 g/mol. The Hall–Kier alpha value is -1.00. The van der Waals surface area contributed by atoms with Crippen LogP contribution in [-0.2, 0) is 6.54 Å². The fourth-order valence-electron chi connectivity index (χ4n) is 1.66. The third-order valence-corrected chi connectivity index (χ3v) is 2.81. The number of hydrogen-bond acceptors (Lipinski definition) is 2. The van der Waals surface area contributed by atoms with E-state index in [9.17, 15) is 8.78 Å². The number of nitrogens with zero attached hydrogens (tertiary/aromatic N) is 1. The fourth-order valence-corrected chi connectivity index (χ4v) is 1.66. The SMILES string of the molecule is CCN(CC)CCNCc1ccc(F)c(F)c1. The number of likely N-dealkylation sites (N-methyl/N-ethyl adjacent to an activating group) is 1. The van der Waals surface area contributed by atoms with Gasteiger partial charge >= 0.3 is 0 Å². The Bertz CT molecular complexity index is 338. The van der Waals surface area contributed by atoms with Crippen LogP contribution in [0.15, 0.2) is 18.2 Å². The van der Waals surface area contributed by atoms with Crippen LogP contribution in [-0.4, -0.2) is 31.1 Å². The van der Waals surface area contributed by atoms with Crippen LogP contribution in [0, 0.1) is 11.6 Å². The lowest BCUT2D eigenvalue weighted by molar-refractivity contribution is 0.302. The van der Waals surface area contributed by atoms with Gasteiger partial charge < -0.3 is 10.2 Å². The summed E-state index contributed by atoms with van der Waals surface area (Å²) in [5.41, 5.74) is 0.767. The summed E-state index contributed by atoms with van der Waals surface area (Å²) in [4.78, 5) is 2.30. The van der Waals surface area contributed by atoms with Gasteiger partial charge in [0.05, 0.1) is 0 Å². The van der Waals surface area contributed by atoms with Crippen molar-refractivity contribution < 1.29 is 8.78 Å². The smallest absolute Gasteiger partial charge is 0.159 e. The van der Waals surface area contributed by atoms with Gasteiger partial charge in [-0.05, 0) is 30.8 Å². The predicted molar refractivity (Wildman–Crippen MR) is 65.9 cm³/mol. The summed E-state index contributed by atoms with van der Waals surface area (Å²) in [5.74, 6) is -1.58. The Labute approximate surface area is 102 Å². The average Bonchev–Trinajstić information content (AvgIpc) is 2.34. The van der Waals surface area contributed by atoms with E-state index in [0.29, 0.717) is 6.54 Å². The molecule has 0 aliphatic heterocycles. The second kappa shape index (κ2) is 7.35. The molecule has 0 atom stereocenters. The van der Waals surface area contributed by atoms with Crippen LogP contribution in [0.3, 0.4) is 0 Å². The van der Waals surface area contributed by atoms with E-state index in [-0.39, 0.29) is 0 Å². The maximum absolute atomic E-state index is 12.9. The topological polar surface area (TPSA) is 15.3 Å². The standard InChI is InChI=1S/C13H20F2N2/c1-3-17(4-2)8-7-16-10-11-5-6-12(14)13(15)9-11/h5-6,9,16H,3-4,7-8,10H2,1-2H3. The molecule has 17 heavy (non-hydrogen) atoms. The Morgan fingerprint density at radius 2 is 1.82 bits per heavy atom. The zero-order chi connectivity index (χ0) is 12.7. The highest BCUT2D eigenvalue weighted by Crippen LogP contribution is 2.08. The summed E-state index contributed by atoms with van der Waals surface area (Å²) in [6, 6.07) is 4.00. The second-order valence-electron chi connectivity index (χ2n) is 3.95. The van der Waals surface area contributed by atoms with Crippen molar-refractivity contribution in [1.82, 2.24) is 10.2 Å². The van der Waals surface area contributed by atoms with Crippen molar-refractivity contribution in [2.24, 2.45) is 0 Å². The predicted octanol–water partition coefficient (Wildman–Crippen LogP) is 2.40.